The van der Waals surface area contributed by atoms with Crippen molar-refractivity contribution in [2.24, 2.45) is 5.92 Å². The van der Waals surface area contributed by atoms with Gasteiger partial charge < -0.3 is 9.64 Å². The Balaban J connectivity index is 1.50. The van der Waals surface area contributed by atoms with Crippen LogP contribution < -0.4 is 14.9 Å². The van der Waals surface area contributed by atoms with Crippen LogP contribution in [0.4, 0.5) is 17.1 Å². The third-order valence-electron chi connectivity index (χ3n) is 6.58. The number of benzene rings is 3. The fourth-order valence-electron chi connectivity index (χ4n) is 4.75. The minimum absolute atomic E-state index is 0.255. The number of amides is 2. The van der Waals surface area contributed by atoms with Crippen molar-refractivity contribution in [3.63, 3.8) is 0 Å². The van der Waals surface area contributed by atoms with Gasteiger partial charge >= 0.3 is 5.97 Å². The number of hydroxylamine groups is 1. The maximum absolute atomic E-state index is 13.8. The molecule has 9 heteroatoms. The van der Waals surface area contributed by atoms with Gasteiger partial charge in [-0.25, -0.2) is 14.8 Å². The summed E-state index contributed by atoms with van der Waals surface area (Å²) >= 11 is 6.09. The SMILES string of the molecule is CCOC(=O)c1ccc(N2C(=O)C3ON(c4ccc(Cl)cc4)C(c4ccc(N(C)C)cc4)C3C2=O)cc1. The number of imide groups is 1. The second kappa shape index (κ2) is 9.88. The van der Waals surface area contributed by atoms with E-state index in [9.17, 15) is 14.4 Å². The maximum atomic E-state index is 13.8. The first-order chi connectivity index (χ1) is 17.8. The van der Waals surface area contributed by atoms with Gasteiger partial charge in [-0.15, -0.1) is 0 Å². The highest BCUT2D eigenvalue weighted by molar-refractivity contribution is 6.30. The molecule has 0 aromatic heterocycles. The van der Waals surface area contributed by atoms with E-state index < -0.39 is 29.9 Å². The van der Waals surface area contributed by atoms with Crippen LogP contribution in [0.3, 0.4) is 0 Å². The molecule has 8 nitrogen and oxygen atoms in total. The van der Waals surface area contributed by atoms with Crippen molar-refractivity contribution in [1.82, 2.24) is 0 Å². The summed E-state index contributed by atoms with van der Waals surface area (Å²) in [6, 6.07) is 20.6. The van der Waals surface area contributed by atoms with Crippen LogP contribution in [0.2, 0.25) is 5.02 Å². The van der Waals surface area contributed by atoms with E-state index in [1.807, 2.05) is 43.3 Å². The molecule has 2 aliphatic rings. The van der Waals surface area contributed by atoms with Gasteiger partial charge in [-0.05, 0) is 73.2 Å². The smallest absolute Gasteiger partial charge is 0.338 e. The number of halogens is 1. The lowest BCUT2D eigenvalue weighted by Crippen LogP contribution is -2.37. The largest absolute Gasteiger partial charge is 0.462 e. The van der Waals surface area contributed by atoms with Crippen molar-refractivity contribution in [1.29, 1.82) is 0 Å². The van der Waals surface area contributed by atoms with Crippen LogP contribution in [0.25, 0.3) is 0 Å². The Morgan fingerprint density at radius 3 is 2.14 bits per heavy atom. The topological polar surface area (TPSA) is 79.4 Å². The fraction of sp³-hybridized carbons (Fsp3) is 0.250. The molecule has 2 amide bonds. The zero-order valence-electron chi connectivity index (χ0n) is 20.6. The highest BCUT2D eigenvalue weighted by Crippen LogP contribution is 2.47. The van der Waals surface area contributed by atoms with Crippen molar-refractivity contribution in [3.8, 4) is 0 Å². The molecular formula is C28H26ClN3O5. The number of nitrogens with zero attached hydrogens (tertiary/aromatic N) is 3. The normalized spacial score (nSPS) is 20.8. The lowest BCUT2D eigenvalue weighted by Gasteiger charge is -2.29. The molecule has 2 aliphatic heterocycles. The quantitative estimate of drug-likeness (QED) is 0.347. The summed E-state index contributed by atoms with van der Waals surface area (Å²) in [6.45, 7) is 1.98. The highest BCUT2D eigenvalue weighted by Gasteiger charge is 2.60. The molecule has 3 aromatic carbocycles. The number of carbonyl (C=O) groups is 3. The summed E-state index contributed by atoms with van der Waals surface area (Å²) in [6.07, 6.45) is -0.994. The van der Waals surface area contributed by atoms with Gasteiger partial charge in [0.2, 0.25) is 5.91 Å². The number of hydrogen-bond donors (Lipinski definition) is 0. The van der Waals surface area contributed by atoms with Gasteiger partial charge in [0.15, 0.2) is 6.10 Å². The monoisotopic (exact) mass is 519 g/mol. The van der Waals surface area contributed by atoms with Crippen molar-refractivity contribution in [2.75, 3.05) is 35.6 Å². The zero-order chi connectivity index (χ0) is 26.3. The van der Waals surface area contributed by atoms with Crippen LogP contribution in [0.5, 0.6) is 0 Å². The van der Waals surface area contributed by atoms with E-state index in [0.29, 0.717) is 22.0 Å². The fourth-order valence-corrected chi connectivity index (χ4v) is 4.88. The molecule has 0 aliphatic carbocycles. The Morgan fingerprint density at radius 2 is 1.54 bits per heavy atom. The van der Waals surface area contributed by atoms with Gasteiger partial charge in [0, 0.05) is 24.8 Å². The van der Waals surface area contributed by atoms with E-state index in [1.165, 1.54) is 0 Å². The molecule has 0 saturated carbocycles. The molecule has 5 rings (SSSR count). The Kier molecular flexibility index (Phi) is 6.62. The molecule has 0 N–H and O–H groups in total. The van der Waals surface area contributed by atoms with Gasteiger partial charge in [0.05, 0.1) is 29.6 Å². The number of rotatable bonds is 6. The molecule has 37 heavy (non-hydrogen) atoms. The number of anilines is 3. The number of hydrogen-bond acceptors (Lipinski definition) is 7. The van der Waals surface area contributed by atoms with Crippen LogP contribution in [0.15, 0.2) is 72.8 Å². The second-order valence-electron chi connectivity index (χ2n) is 9.06. The van der Waals surface area contributed by atoms with E-state index in [4.69, 9.17) is 21.2 Å². The van der Waals surface area contributed by atoms with Gasteiger partial charge in [-0.1, -0.05) is 23.7 Å². The summed E-state index contributed by atoms with van der Waals surface area (Å²) < 4.78 is 5.02. The average Bonchev–Trinajstić information content (AvgIpc) is 3.40. The molecule has 190 valence electrons. The summed E-state index contributed by atoms with van der Waals surface area (Å²) in [5.41, 5.74) is 3.25. The number of fused-ring (bicyclic) bond motifs is 1. The van der Waals surface area contributed by atoms with Crippen molar-refractivity contribution in [3.05, 3.63) is 88.9 Å². The number of esters is 1. The van der Waals surface area contributed by atoms with Gasteiger partial charge in [-0.3, -0.25) is 14.4 Å². The maximum Gasteiger partial charge on any atom is 0.338 e. The third kappa shape index (κ3) is 4.43. The second-order valence-corrected chi connectivity index (χ2v) is 9.50. The third-order valence-corrected chi connectivity index (χ3v) is 6.84. The minimum Gasteiger partial charge on any atom is -0.462 e. The molecule has 0 bridgehead atoms. The van der Waals surface area contributed by atoms with Crippen molar-refractivity contribution >= 4 is 46.4 Å². The average molecular weight is 520 g/mol. The van der Waals surface area contributed by atoms with E-state index in [0.717, 1.165) is 16.2 Å². The van der Waals surface area contributed by atoms with Crippen LogP contribution >= 0.6 is 11.6 Å². The predicted octanol–water partition coefficient (Wildman–Crippen LogP) is 4.63. The first-order valence-electron chi connectivity index (χ1n) is 11.9. The lowest BCUT2D eigenvalue weighted by molar-refractivity contribution is -0.126. The minimum atomic E-state index is -0.994. The van der Waals surface area contributed by atoms with Crippen LogP contribution in [-0.4, -0.2) is 44.6 Å². The molecule has 3 unspecified atom stereocenters. The standard InChI is InChI=1S/C28H26ClN3O5/c1-4-36-28(35)18-7-13-21(14-8-18)31-26(33)23-24(17-5-11-20(12-6-17)30(2)3)32(37-25(23)27(31)34)22-15-9-19(29)10-16-22/h5-16,23-25H,4H2,1-3H3. The number of carbonyl (C=O) groups excluding carboxylic acids is 3. The summed E-state index contributed by atoms with van der Waals surface area (Å²) in [5.74, 6) is -2.05. The van der Waals surface area contributed by atoms with Crippen LogP contribution in [-0.2, 0) is 19.2 Å². The van der Waals surface area contributed by atoms with E-state index in [1.54, 1.807) is 60.5 Å². The Hall–Kier alpha value is -3.88. The summed E-state index contributed by atoms with van der Waals surface area (Å²) in [4.78, 5) is 48.6. The summed E-state index contributed by atoms with van der Waals surface area (Å²) in [5, 5.41) is 2.20. The van der Waals surface area contributed by atoms with Crippen LogP contribution in [0.1, 0.15) is 28.9 Å². The zero-order valence-corrected chi connectivity index (χ0v) is 21.4. The predicted molar refractivity (Wildman–Crippen MR) is 141 cm³/mol. The first kappa shape index (κ1) is 24.8. The molecule has 0 radical (unpaired) electrons. The molecule has 3 atom stereocenters. The Bertz CT molecular complexity index is 1330. The molecule has 3 aromatic rings. The Labute approximate surface area is 219 Å². The van der Waals surface area contributed by atoms with Gasteiger partial charge in [0.1, 0.15) is 5.92 Å². The summed E-state index contributed by atoms with van der Waals surface area (Å²) in [7, 11) is 3.90. The molecule has 2 saturated heterocycles. The number of ether oxygens (including phenoxy) is 1. The Morgan fingerprint density at radius 1 is 0.919 bits per heavy atom. The van der Waals surface area contributed by atoms with Crippen LogP contribution in [0, 0.1) is 5.92 Å². The lowest BCUT2D eigenvalue weighted by atomic mass is 9.90. The van der Waals surface area contributed by atoms with Crippen molar-refractivity contribution < 1.29 is 24.0 Å². The van der Waals surface area contributed by atoms with E-state index >= 15 is 0 Å². The highest BCUT2D eigenvalue weighted by atomic mass is 35.5. The molecule has 0 spiro atoms. The molecule has 2 heterocycles. The van der Waals surface area contributed by atoms with E-state index in [-0.39, 0.29) is 12.5 Å². The van der Waals surface area contributed by atoms with E-state index in [2.05, 4.69) is 0 Å². The van der Waals surface area contributed by atoms with Gasteiger partial charge in [0.25, 0.3) is 5.91 Å². The molecule has 2 fully saturated rings. The molecular weight excluding hydrogens is 494 g/mol. The van der Waals surface area contributed by atoms with Gasteiger partial charge in [-0.2, -0.15) is 0 Å². The van der Waals surface area contributed by atoms with Crippen molar-refractivity contribution in [2.45, 2.75) is 19.1 Å². The first-order valence-corrected chi connectivity index (χ1v) is 12.3.